The van der Waals surface area contributed by atoms with E-state index in [1.54, 1.807) is 34.0 Å². The van der Waals surface area contributed by atoms with E-state index in [1.807, 2.05) is 35.7 Å². The molecule has 5 heteroatoms. The number of furan rings is 1. The Morgan fingerprint density at radius 3 is 2.33 bits per heavy atom. The van der Waals surface area contributed by atoms with Crippen LogP contribution in [-0.4, -0.2) is 0 Å². The Labute approximate surface area is 203 Å². The minimum atomic E-state index is 0.702. The fraction of sp³-hybridized carbons (Fsp3) is 0.0357. The van der Waals surface area contributed by atoms with E-state index in [-0.39, 0.29) is 0 Å². The van der Waals surface area contributed by atoms with Gasteiger partial charge < -0.3 is 4.42 Å². The highest BCUT2D eigenvalue weighted by molar-refractivity contribution is 7.25. The van der Waals surface area contributed by atoms with Crippen LogP contribution in [-0.2, 0) is 0 Å². The fourth-order valence-corrected chi connectivity index (χ4v) is 7.20. The third-order valence-electron chi connectivity index (χ3n) is 5.71. The first kappa shape index (κ1) is 20.2. The summed E-state index contributed by atoms with van der Waals surface area (Å²) in [5.74, 6) is 0.949. The number of nitrogens with zero attached hydrogens (tertiary/aromatic N) is 1. The summed E-state index contributed by atoms with van der Waals surface area (Å²) < 4.78 is 6.33. The highest BCUT2D eigenvalue weighted by Gasteiger charge is 2.20. The van der Waals surface area contributed by atoms with Gasteiger partial charge in [-0.25, -0.2) is 0 Å². The summed E-state index contributed by atoms with van der Waals surface area (Å²) in [6.45, 7) is 2.14. The third kappa shape index (κ3) is 3.44. The standard InChI is InChI=1S/C28H17NOS3/c1-17-20-7-4-5-10-23(20)30-26(17)28-22-9-3-2-8-21(22)27(33-28)25-13-12-19(32-25)15-18(16-29)24-11-6-14-31-24/h2-15H,1H3/b18-15+. The van der Waals surface area contributed by atoms with Crippen molar-refractivity contribution in [2.24, 2.45) is 0 Å². The van der Waals surface area contributed by atoms with Gasteiger partial charge in [0.25, 0.3) is 0 Å². The van der Waals surface area contributed by atoms with Crippen LogP contribution in [0.1, 0.15) is 15.3 Å². The molecule has 0 bridgehead atoms. The molecule has 0 N–H and O–H groups in total. The van der Waals surface area contributed by atoms with E-state index >= 15 is 0 Å². The average Bonchev–Trinajstić information content (AvgIpc) is 3.64. The number of hydrogen-bond donors (Lipinski definition) is 0. The molecule has 0 saturated heterocycles. The Morgan fingerprint density at radius 2 is 1.61 bits per heavy atom. The largest absolute Gasteiger partial charge is 0.455 e. The molecule has 6 aromatic rings. The summed E-state index contributed by atoms with van der Waals surface area (Å²) in [5.41, 5.74) is 2.80. The molecular formula is C28H17NOS3. The molecular weight excluding hydrogens is 463 g/mol. The summed E-state index contributed by atoms with van der Waals surface area (Å²) in [4.78, 5) is 5.67. The van der Waals surface area contributed by atoms with Crippen LogP contribution in [0.4, 0.5) is 0 Å². The van der Waals surface area contributed by atoms with Crippen molar-refractivity contribution in [2.45, 2.75) is 6.92 Å². The van der Waals surface area contributed by atoms with Gasteiger partial charge in [-0.1, -0.05) is 48.5 Å². The molecule has 158 valence electrons. The smallest absolute Gasteiger partial charge is 0.148 e. The molecule has 0 saturated carbocycles. The molecule has 0 radical (unpaired) electrons. The average molecular weight is 480 g/mol. The zero-order valence-corrected chi connectivity index (χ0v) is 20.1. The first-order chi connectivity index (χ1) is 16.2. The van der Waals surface area contributed by atoms with Crippen molar-refractivity contribution < 1.29 is 4.42 Å². The molecule has 0 aliphatic heterocycles. The van der Waals surface area contributed by atoms with Gasteiger partial charge in [-0.3, -0.25) is 0 Å². The van der Waals surface area contributed by atoms with Gasteiger partial charge in [0.15, 0.2) is 0 Å². The van der Waals surface area contributed by atoms with E-state index in [2.05, 4.69) is 61.5 Å². The first-order valence-electron chi connectivity index (χ1n) is 10.5. The summed E-state index contributed by atoms with van der Waals surface area (Å²) in [7, 11) is 0. The highest BCUT2D eigenvalue weighted by atomic mass is 32.1. The Kier molecular flexibility index (Phi) is 5.00. The second-order valence-electron chi connectivity index (χ2n) is 7.71. The second kappa shape index (κ2) is 8.17. The number of aryl methyl sites for hydroxylation is 1. The fourth-order valence-electron chi connectivity index (χ4n) is 4.12. The number of thiophene rings is 3. The van der Waals surface area contributed by atoms with Gasteiger partial charge in [0.05, 0.1) is 15.3 Å². The Bertz CT molecular complexity index is 1690. The third-order valence-corrected chi connectivity index (χ3v) is 9.05. The van der Waals surface area contributed by atoms with Crippen LogP contribution in [0.15, 0.2) is 82.6 Å². The van der Waals surface area contributed by atoms with Crippen molar-refractivity contribution in [3.63, 3.8) is 0 Å². The van der Waals surface area contributed by atoms with E-state index in [9.17, 15) is 5.26 Å². The zero-order valence-electron chi connectivity index (χ0n) is 17.7. The first-order valence-corrected chi connectivity index (χ1v) is 13.0. The van der Waals surface area contributed by atoms with Gasteiger partial charge in [-0.2, -0.15) is 5.26 Å². The molecule has 2 aromatic carbocycles. The summed E-state index contributed by atoms with van der Waals surface area (Å²) in [6, 6.07) is 27.3. The number of para-hydroxylation sites is 1. The van der Waals surface area contributed by atoms with Crippen molar-refractivity contribution in [1.82, 2.24) is 0 Å². The van der Waals surface area contributed by atoms with Crippen LogP contribution in [0, 0.1) is 18.3 Å². The van der Waals surface area contributed by atoms with Gasteiger partial charge in [0.2, 0.25) is 0 Å². The Morgan fingerprint density at radius 1 is 0.848 bits per heavy atom. The van der Waals surface area contributed by atoms with Crippen LogP contribution in [0.5, 0.6) is 0 Å². The van der Waals surface area contributed by atoms with Gasteiger partial charge in [-0.05, 0) is 42.6 Å². The molecule has 4 heterocycles. The quantitative estimate of drug-likeness (QED) is 0.236. The second-order valence-corrected chi connectivity index (χ2v) is 10.8. The van der Waals surface area contributed by atoms with Crippen LogP contribution in [0.3, 0.4) is 0 Å². The molecule has 0 unspecified atom stereocenters. The summed E-state index contributed by atoms with van der Waals surface area (Å²) in [6.07, 6.45) is 1.99. The predicted octanol–water partition coefficient (Wildman–Crippen LogP) is 9.48. The molecule has 0 aliphatic carbocycles. The Hall–Kier alpha value is -3.43. The monoisotopic (exact) mass is 479 g/mol. The zero-order chi connectivity index (χ0) is 22.4. The highest BCUT2D eigenvalue weighted by Crippen LogP contribution is 2.48. The molecule has 0 atom stereocenters. The minimum Gasteiger partial charge on any atom is -0.455 e. The lowest BCUT2D eigenvalue weighted by Gasteiger charge is -1.96. The number of allylic oxidation sites excluding steroid dienone is 1. The molecule has 33 heavy (non-hydrogen) atoms. The summed E-state index contributed by atoms with van der Waals surface area (Å²) >= 11 is 5.08. The van der Waals surface area contributed by atoms with Crippen molar-refractivity contribution in [2.75, 3.05) is 0 Å². The Balaban J connectivity index is 1.49. The molecule has 0 aliphatic rings. The van der Waals surface area contributed by atoms with Gasteiger partial charge in [-0.15, -0.1) is 34.0 Å². The van der Waals surface area contributed by atoms with Crippen molar-refractivity contribution in [3.05, 3.63) is 93.5 Å². The van der Waals surface area contributed by atoms with Crippen LogP contribution < -0.4 is 0 Å². The van der Waals surface area contributed by atoms with Crippen molar-refractivity contribution in [3.8, 4) is 26.5 Å². The molecule has 4 aromatic heterocycles. The topological polar surface area (TPSA) is 36.9 Å². The lowest BCUT2D eigenvalue weighted by atomic mass is 10.1. The molecule has 0 amide bonds. The predicted molar refractivity (Wildman–Crippen MR) is 143 cm³/mol. The minimum absolute atomic E-state index is 0.702. The molecule has 0 fully saturated rings. The van der Waals surface area contributed by atoms with E-state index in [4.69, 9.17) is 4.42 Å². The molecule has 6 rings (SSSR count). The van der Waals surface area contributed by atoms with E-state index in [0.717, 1.165) is 31.4 Å². The lowest BCUT2D eigenvalue weighted by molar-refractivity contribution is 0.631. The molecule has 2 nitrogen and oxygen atoms in total. The van der Waals surface area contributed by atoms with Gasteiger partial charge >= 0.3 is 0 Å². The van der Waals surface area contributed by atoms with Gasteiger partial charge in [0.1, 0.15) is 17.4 Å². The number of fused-ring (bicyclic) bond motifs is 2. The number of nitriles is 1. The normalized spacial score (nSPS) is 11.9. The number of benzene rings is 2. The summed E-state index contributed by atoms with van der Waals surface area (Å²) in [5, 5.41) is 15.2. The SMILES string of the molecule is Cc1c(-c2sc(-c3ccc(/C=C(\C#N)c4cccs4)s3)c3ccccc23)oc2ccccc12. The number of hydrogen-bond acceptors (Lipinski definition) is 5. The maximum atomic E-state index is 9.62. The van der Waals surface area contributed by atoms with Gasteiger partial charge in [0, 0.05) is 36.4 Å². The van der Waals surface area contributed by atoms with E-state index < -0.39 is 0 Å². The van der Waals surface area contributed by atoms with Crippen molar-refractivity contribution in [1.29, 1.82) is 5.26 Å². The van der Waals surface area contributed by atoms with E-state index in [0.29, 0.717) is 5.57 Å². The lowest BCUT2D eigenvalue weighted by Crippen LogP contribution is -1.74. The maximum Gasteiger partial charge on any atom is 0.148 e. The number of rotatable bonds is 4. The molecule has 0 spiro atoms. The van der Waals surface area contributed by atoms with Crippen LogP contribution in [0.2, 0.25) is 0 Å². The maximum absolute atomic E-state index is 9.62. The van der Waals surface area contributed by atoms with Crippen molar-refractivity contribution >= 4 is 67.4 Å². The van der Waals surface area contributed by atoms with E-state index in [1.165, 1.54) is 26.1 Å². The van der Waals surface area contributed by atoms with Crippen LogP contribution >= 0.6 is 34.0 Å². The van der Waals surface area contributed by atoms with Crippen LogP contribution in [0.25, 0.3) is 53.8 Å².